The van der Waals surface area contributed by atoms with Gasteiger partial charge in [0.1, 0.15) is 5.75 Å². The van der Waals surface area contributed by atoms with Gasteiger partial charge in [-0.25, -0.2) is 0 Å². The van der Waals surface area contributed by atoms with Crippen molar-refractivity contribution in [3.63, 3.8) is 0 Å². The van der Waals surface area contributed by atoms with Gasteiger partial charge >= 0.3 is 0 Å². The van der Waals surface area contributed by atoms with Crippen molar-refractivity contribution in [1.29, 1.82) is 0 Å². The number of pyridine rings is 1. The van der Waals surface area contributed by atoms with Crippen molar-refractivity contribution in [3.05, 3.63) is 95.8 Å². The van der Waals surface area contributed by atoms with Crippen LogP contribution in [0, 0.1) is 0 Å². The van der Waals surface area contributed by atoms with E-state index in [1.54, 1.807) is 36.7 Å². The summed E-state index contributed by atoms with van der Waals surface area (Å²) in [5.74, 6) is 0.115. The fourth-order valence-corrected chi connectivity index (χ4v) is 2.57. The maximum atomic E-state index is 12.5. The van der Waals surface area contributed by atoms with Crippen LogP contribution in [0.3, 0.4) is 0 Å². The Labute approximate surface area is 140 Å². The van der Waals surface area contributed by atoms with Gasteiger partial charge in [-0.15, -0.1) is 0 Å². The van der Waals surface area contributed by atoms with Crippen LogP contribution in [0.4, 0.5) is 0 Å². The highest BCUT2D eigenvalue weighted by Crippen LogP contribution is 2.21. The van der Waals surface area contributed by atoms with Gasteiger partial charge in [-0.05, 0) is 41.0 Å². The average Bonchev–Trinajstić information content (AvgIpc) is 2.63. The molecule has 1 atom stereocenters. The summed E-state index contributed by atoms with van der Waals surface area (Å²) in [5, 5.41) is 12.4. The number of carbonyl (C=O) groups is 1. The molecule has 0 radical (unpaired) electrons. The van der Waals surface area contributed by atoms with E-state index >= 15 is 0 Å². The number of phenolic OH excluding ortho intramolecular Hbond substituents is 1. The molecule has 0 spiro atoms. The second-order valence-electron chi connectivity index (χ2n) is 5.53. The molecule has 3 aromatic rings. The first kappa shape index (κ1) is 15.7. The van der Waals surface area contributed by atoms with E-state index in [0.717, 1.165) is 16.7 Å². The fraction of sp³-hybridized carbons (Fsp3) is 0.100. The van der Waals surface area contributed by atoms with Crippen molar-refractivity contribution in [1.82, 2.24) is 10.3 Å². The largest absolute Gasteiger partial charge is 0.508 e. The molecule has 24 heavy (non-hydrogen) atoms. The minimum absolute atomic E-state index is 0.0774. The smallest absolute Gasteiger partial charge is 0.225 e. The van der Waals surface area contributed by atoms with Crippen molar-refractivity contribution in [2.24, 2.45) is 0 Å². The number of phenols is 1. The number of aromatic nitrogens is 1. The Kier molecular flexibility index (Phi) is 4.87. The van der Waals surface area contributed by atoms with Gasteiger partial charge in [-0.1, -0.05) is 42.5 Å². The topological polar surface area (TPSA) is 62.2 Å². The summed E-state index contributed by atoms with van der Waals surface area (Å²) in [6.07, 6.45) is 3.70. The second-order valence-corrected chi connectivity index (χ2v) is 5.53. The third kappa shape index (κ3) is 3.98. The zero-order valence-electron chi connectivity index (χ0n) is 13.1. The molecule has 0 bridgehead atoms. The van der Waals surface area contributed by atoms with Crippen LogP contribution in [0.1, 0.15) is 22.7 Å². The molecule has 1 amide bonds. The van der Waals surface area contributed by atoms with E-state index in [4.69, 9.17) is 0 Å². The van der Waals surface area contributed by atoms with Crippen molar-refractivity contribution >= 4 is 5.91 Å². The highest BCUT2D eigenvalue weighted by molar-refractivity contribution is 5.79. The van der Waals surface area contributed by atoms with Crippen LogP contribution in [0.5, 0.6) is 5.75 Å². The van der Waals surface area contributed by atoms with Crippen LogP contribution in [0.15, 0.2) is 79.1 Å². The Morgan fingerprint density at radius 2 is 1.54 bits per heavy atom. The normalized spacial score (nSPS) is 11.7. The van der Waals surface area contributed by atoms with E-state index in [9.17, 15) is 9.90 Å². The first-order chi connectivity index (χ1) is 11.7. The number of aromatic hydroxyl groups is 1. The van der Waals surface area contributed by atoms with Gasteiger partial charge in [0.25, 0.3) is 0 Å². The van der Waals surface area contributed by atoms with E-state index in [1.165, 1.54) is 0 Å². The standard InChI is InChI=1S/C20H18N2O2/c23-18-8-6-15(7-9-18)14-19(24)22-20(16-4-2-1-3-5-16)17-10-12-21-13-11-17/h1-13,20,23H,14H2,(H,22,24). The maximum absolute atomic E-state index is 12.5. The van der Waals surface area contributed by atoms with Crippen molar-refractivity contribution < 1.29 is 9.90 Å². The first-order valence-corrected chi connectivity index (χ1v) is 7.74. The molecule has 120 valence electrons. The SMILES string of the molecule is O=C(Cc1ccc(O)cc1)NC(c1ccccc1)c1ccncc1. The number of carbonyl (C=O) groups excluding carboxylic acids is 1. The van der Waals surface area contributed by atoms with Gasteiger partial charge in [-0.2, -0.15) is 0 Å². The van der Waals surface area contributed by atoms with Crippen LogP contribution in [0.25, 0.3) is 0 Å². The zero-order valence-corrected chi connectivity index (χ0v) is 13.1. The lowest BCUT2D eigenvalue weighted by molar-refractivity contribution is -0.120. The number of hydrogen-bond acceptors (Lipinski definition) is 3. The lowest BCUT2D eigenvalue weighted by Crippen LogP contribution is -2.30. The summed E-state index contributed by atoms with van der Waals surface area (Å²) >= 11 is 0. The van der Waals surface area contributed by atoms with Gasteiger partial charge in [0.15, 0.2) is 0 Å². The van der Waals surface area contributed by atoms with Crippen LogP contribution >= 0.6 is 0 Å². The maximum Gasteiger partial charge on any atom is 0.225 e. The van der Waals surface area contributed by atoms with Crippen LogP contribution in [0.2, 0.25) is 0 Å². The summed E-state index contributed by atoms with van der Waals surface area (Å²) in [6, 6.07) is 20.1. The van der Waals surface area contributed by atoms with Crippen molar-refractivity contribution in [2.75, 3.05) is 0 Å². The van der Waals surface area contributed by atoms with E-state index in [2.05, 4.69) is 10.3 Å². The molecule has 1 heterocycles. The number of benzene rings is 2. The highest BCUT2D eigenvalue weighted by atomic mass is 16.3. The van der Waals surface area contributed by atoms with Gasteiger partial charge in [-0.3, -0.25) is 9.78 Å². The van der Waals surface area contributed by atoms with E-state index in [0.29, 0.717) is 0 Å². The molecule has 1 aromatic heterocycles. The quantitative estimate of drug-likeness (QED) is 0.759. The Hall–Kier alpha value is -3.14. The molecular formula is C20H18N2O2. The second kappa shape index (κ2) is 7.42. The molecule has 0 fully saturated rings. The van der Waals surface area contributed by atoms with Crippen LogP contribution in [-0.2, 0) is 11.2 Å². The Morgan fingerprint density at radius 3 is 2.21 bits per heavy atom. The Balaban J connectivity index is 1.79. The number of nitrogens with zero attached hydrogens (tertiary/aromatic N) is 1. The Bertz CT molecular complexity index is 747. The lowest BCUT2D eigenvalue weighted by atomic mass is 9.99. The van der Waals surface area contributed by atoms with Crippen LogP contribution < -0.4 is 5.32 Å². The Morgan fingerprint density at radius 1 is 0.917 bits per heavy atom. The molecule has 0 aliphatic heterocycles. The lowest BCUT2D eigenvalue weighted by Gasteiger charge is -2.19. The van der Waals surface area contributed by atoms with Gasteiger partial charge < -0.3 is 10.4 Å². The summed E-state index contributed by atoms with van der Waals surface area (Å²) in [4.78, 5) is 16.5. The number of rotatable bonds is 5. The summed E-state index contributed by atoms with van der Waals surface area (Å²) in [7, 11) is 0. The molecule has 3 rings (SSSR count). The van der Waals surface area contributed by atoms with Crippen molar-refractivity contribution in [3.8, 4) is 5.75 Å². The molecular weight excluding hydrogens is 300 g/mol. The minimum atomic E-state index is -0.223. The molecule has 0 aliphatic rings. The summed E-state index contributed by atoms with van der Waals surface area (Å²) in [6.45, 7) is 0. The molecule has 0 saturated heterocycles. The zero-order chi connectivity index (χ0) is 16.8. The molecule has 1 unspecified atom stereocenters. The summed E-state index contributed by atoms with van der Waals surface area (Å²) in [5.41, 5.74) is 2.85. The average molecular weight is 318 g/mol. The third-order valence-electron chi connectivity index (χ3n) is 3.78. The summed E-state index contributed by atoms with van der Waals surface area (Å²) < 4.78 is 0. The van der Waals surface area contributed by atoms with E-state index in [1.807, 2.05) is 42.5 Å². The molecule has 4 heteroatoms. The van der Waals surface area contributed by atoms with Gasteiger partial charge in [0.05, 0.1) is 12.5 Å². The number of amides is 1. The van der Waals surface area contributed by atoms with Crippen LogP contribution in [-0.4, -0.2) is 16.0 Å². The highest BCUT2D eigenvalue weighted by Gasteiger charge is 2.16. The molecule has 0 saturated carbocycles. The third-order valence-corrected chi connectivity index (χ3v) is 3.78. The minimum Gasteiger partial charge on any atom is -0.508 e. The molecule has 4 nitrogen and oxygen atoms in total. The van der Waals surface area contributed by atoms with E-state index < -0.39 is 0 Å². The molecule has 2 N–H and O–H groups in total. The van der Waals surface area contributed by atoms with Crippen molar-refractivity contribution in [2.45, 2.75) is 12.5 Å². The van der Waals surface area contributed by atoms with Gasteiger partial charge in [0, 0.05) is 12.4 Å². The number of hydrogen-bond donors (Lipinski definition) is 2. The van der Waals surface area contributed by atoms with Gasteiger partial charge in [0.2, 0.25) is 5.91 Å². The predicted octanol–water partition coefficient (Wildman–Crippen LogP) is 3.24. The first-order valence-electron chi connectivity index (χ1n) is 7.74. The number of nitrogens with one attached hydrogen (secondary N) is 1. The molecule has 0 aliphatic carbocycles. The fourth-order valence-electron chi connectivity index (χ4n) is 2.57. The van der Waals surface area contributed by atoms with E-state index in [-0.39, 0.29) is 24.1 Å². The monoisotopic (exact) mass is 318 g/mol. The predicted molar refractivity (Wildman–Crippen MR) is 92.5 cm³/mol. The molecule has 2 aromatic carbocycles.